The van der Waals surface area contributed by atoms with Crippen LogP contribution in [0.4, 0.5) is 4.39 Å². The maximum Gasteiger partial charge on any atom is 0.138 e. The minimum absolute atomic E-state index is 0.236. The second-order valence-corrected chi connectivity index (χ2v) is 9.11. The molecule has 1 aliphatic heterocycles. The lowest BCUT2D eigenvalue weighted by molar-refractivity contribution is -0.118. The number of ketones is 1. The van der Waals surface area contributed by atoms with Gasteiger partial charge in [-0.05, 0) is 41.5 Å². The van der Waals surface area contributed by atoms with Crippen LogP contribution in [0.2, 0.25) is 0 Å². The van der Waals surface area contributed by atoms with Crippen molar-refractivity contribution >= 4 is 34.5 Å². The zero-order valence-corrected chi connectivity index (χ0v) is 17.4. The average Bonchev–Trinajstić information content (AvgIpc) is 3.59. The van der Waals surface area contributed by atoms with E-state index in [1.54, 1.807) is 11.8 Å². The number of carbonyl (C=O) groups excluding carboxylic acids is 1. The molecule has 0 bridgehead atoms. The average molecular weight is 416 g/mol. The van der Waals surface area contributed by atoms with Crippen LogP contribution in [0.5, 0.6) is 0 Å². The Bertz CT molecular complexity index is 1180. The molecule has 30 heavy (non-hydrogen) atoms. The Morgan fingerprint density at radius 1 is 1.07 bits per heavy atom. The van der Waals surface area contributed by atoms with Gasteiger partial charge >= 0.3 is 0 Å². The number of thioether (sulfide) groups is 1. The predicted octanol–water partition coefficient (Wildman–Crippen LogP) is 6.91. The number of carbonyl (C=O) groups is 1. The number of nitrogens with zero attached hydrogens (tertiary/aromatic N) is 1. The molecular formula is C26H22FNOS. The fraction of sp³-hybridized carbons (Fsp3) is 0.231. The summed E-state index contributed by atoms with van der Waals surface area (Å²) in [4.78, 5) is 17.9. The summed E-state index contributed by atoms with van der Waals surface area (Å²) in [5.74, 6) is 1.42. The van der Waals surface area contributed by atoms with Crippen LogP contribution in [-0.2, 0) is 4.79 Å². The fourth-order valence-corrected chi connectivity index (χ4v) is 5.03. The molecule has 150 valence electrons. The third-order valence-corrected chi connectivity index (χ3v) is 6.70. The highest BCUT2D eigenvalue weighted by molar-refractivity contribution is 8.03. The molecule has 0 N–H and O–H groups in total. The first kappa shape index (κ1) is 19.3. The van der Waals surface area contributed by atoms with Crippen molar-refractivity contribution in [2.45, 2.75) is 31.6 Å². The lowest BCUT2D eigenvalue weighted by atomic mass is 9.92. The molecule has 1 aromatic heterocycles. The third-order valence-electron chi connectivity index (χ3n) is 5.64. The summed E-state index contributed by atoms with van der Waals surface area (Å²) in [6.07, 6.45) is 9.74. The van der Waals surface area contributed by atoms with E-state index in [1.165, 1.54) is 12.1 Å². The van der Waals surface area contributed by atoms with Crippen LogP contribution < -0.4 is 0 Å². The van der Waals surface area contributed by atoms with Gasteiger partial charge in [0.15, 0.2) is 0 Å². The van der Waals surface area contributed by atoms with Gasteiger partial charge in [0, 0.05) is 41.0 Å². The normalized spacial score (nSPS) is 18.6. The number of aromatic nitrogens is 1. The molecule has 0 unspecified atom stereocenters. The first-order valence-corrected chi connectivity index (χ1v) is 11.4. The van der Waals surface area contributed by atoms with Gasteiger partial charge in [-0.3, -0.25) is 9.78 Å². The van der Waals surface area contributed by atoms with Crippen LogP contribution >= 0.6 is 11.8 Å². The van der Waals surface area contributed by atoms with E-state index in [9.17, 15) is 9.18 Å². The molecule has 2 aliphatic rings. The van der Waals surface area contributed by atoms with Crippen molar-refractivity contribution in [2.24, 2.45) is 0 Å². The Morgan fingerprint density at radius 2 is 1.87 bits per heavy atom. The van der Waals surface area contributed by atoms with E-state index >= 15 is 0 Å². The summed E-state index contributed by atoms with van der Waals surface area (Å²) in [5.41, 5.74) is 5.29. The van der Waals surface area contributed by atoms with Crippen molar-refractivity contribution in [3.05, 3.63) is 82.7 Å². The minimum Gasteiger partial charge on any atom is -0.299 e. The number of para-hydroxylation sites is 1. The fourth-order valence-electron chi connectivity index (χ4n) is 4.00. The first-order valence-electron chi connectivity index (χ1n) is 10.4. The van der Waals surface area contributed by atoms with Gasteiger partial charge in [0.2, 0.25) is 0 Å². The Labute approximate surface area is 179 Å². The molecule has 5 rings (SSSR count). The highest BCUT2D eigenvalue weighted by atomic mass is 32.2. The standard InChI is InChI=1S/C26H22FNOS/c27-19-12-10-17(11-13-19)25-22-5-1-2-7-24(22)28-26(18-8-9-18)23(25)6-3-4-21-16-20(29)14-15-30-21/h1-7,10-13,18H,8-9,14-16H2. The number of fused-ring (bicyclic) bond motifs is 1. The molecule has 0 radical (unpaired) electrons. The maximum absolute atomic E-state index is 13.6. The number of hydrogen-bond acceptors (Lipinski definition) is 3. The quantitative estimate of drug-likeness (QED) is 0.464. The summed E-state index contributed by atoms with van der Waals surface area (Å²) >= 11 is 1.76. The summed E-state index contributed by atoms with van der Waals surface area (Å²) in [6.45, 7) is 0. The van der Waals surface area contributed by atoms with Crippen LogP contribution in [0, 0.1) is 5.82 Å². The van der Waals surface area contributed by atoms with Crippen molar-refractivity contribution in [3.63, 3.8) is 0 Å². The molecular weight excluding hydrogens is 393 g/mol. The second kappa shape index (κ2) is 8.19. The van der Waals surface area contributed by atoms with Crippen LogP contribution in [0.1, 0.15) is 42.9 Å². The van der Waals surface area contributed by atoms with E-state index in [-0.39, 0.29) is 5.82 Å². The number of halogens is 1. The molecule has 2 heterocycles. The zero-order chi connectivity index (χ0) is 20.5. The van der Waals surface area contributed by atoms with Gasteiger partial charge in [0.1, 0.15) is 11.6 Å². The van der Waals surface area contributed by atoms with Crippen molar-refractivity contribution in [1.29, 1.82) is 0 Å². The van der Waals surface area contributed by atoms with Crippen LogP contribution in [0.25, 0.3) is 28.1 Å². The molecule has 1 saturated carbocycles. The Kier molecular flexibility index (Phi) is 5.26. The van der Waals surface area contributed by atoms with Crippen LogP contribution in [-0.4, -0.2) is 16.5 Å². The number of benzene rings is 2. The van der Waals surface area contributed by atoms with E-state index in [4.69, 9.17) is 4.98 Å². The molecule has 4 heteroatoms. The van der Waals surface area contributed by atoms with Crippen molar-refractivity contribution in [3.8, 4) is 11.1 Å². The summed E-state index contributed by atoms with van der Waals surface area (Å²) in [6, 6.07) is 14.9. The van der Waals surface area contributed by atoms with Crippen molar-refractivity contribution in [2.75, 3.05) is 5.75 Å². The summed E-state index contributed by atoms with van der Waals surface area (Å²) in [7, 11) is 0. The van der Waals surface area contributed by atoms with Crippen molar-refractivity contribution < 1.29 is 9.18 Å². The Hall–Kier alpha value is -2.72. The summed E-state index contributed by atoms with van der Waals surface area (Å²) in [5, 5.41) is 1.07. The van der Waals surface area contributed by atoms with E-state index in [2.05, 4.69) is 18.2 Å². The lowest BCUT2D eigenvalue weighted by Crippen LogP contribution is -2.05. The predicted molar refractivity (Wildman–Crippen MR) is 123 cm³/mol. The van der Waals surface area contributed by atoms with Gasteiger partial charge in [-0.2, -0.15) is 0 Å². The molecule has 1 saturated heterocycles. The first-order chi connectivity index (χ1) is 14.7. The molecule has 1 aliphatic carbocycles. The molecule has 2 aromatic carbocycles. The smallest absolute Gasteiger partial charge is 0.138 e. The van der Waals surface area contributed by atoms with E-state index in [0.717, 1.165) is 56.8 Å². The number of pyridine rings is 1. The van der Waals surface area contributed by atoms with E-state index < -0.39 is 0 Å². The number of rotatable bonds is 4. The zero-order valence-electron chi connectivity index (χ0n) is 16.6. The number of Topliss-reactive ketones (excluding diaryl/α,β-unsaturated/α-hetero) is 1. The van der Waals surface area contributed by atoms with Gasteiger partial charge in [-0.25, -0.2) is 4.39 Å². The third kappa shape index (κ3) is 3.97. The van der Waals surface area contributed by atoms with Crippen molar-refractivity contribution in [1.82, 2.24) is 4.98 Å². The van der Waals surface area contributed by atoms with E-state index in [0.29, 0.717) is 24.5 Å². The largest absolute Gasteiger partial charge is 0.299 e. The van der Waals surface area contributed by atoms with Gasteiger partial charge in [-0.1, -0.05) is 48.6 Å². The van der Waals surface area contributed by atoms with Gasteiger partial charge in [0.25, 0.3) is 0 Å². The SMILES string of the molecule is O=C1CCSC(=CC=Cc2c(C3CC3)nc3ccccc3c2-c2ccc(F)cc2)C1. The minimum atomic E-state index is -0.236. The maximum atomic E-state index is 13.6. The van der Waals surface area contributed by atoms with E-state index in [1.807, 2.05) is 36.4 Å². The highest BCUT2D eigenvalue weighted by Crippen LogP contribution is 2.45. The molecule has 0 spiro atoms. The molecule has 2 fully saturated rings. The summed E-state index contributed by atoms with van der Waals surface area (Å²) < 4.78 is 13.6. The Balaban J connectivity index is 1.67. The Morgan fingerprint density at radius 3 is 2.63 bits per heavy atom. The highest BCUT2D eigenvalue weighted by Gasteiger charge is 2.29. The van der Waals surface area contributed by atoms with Crippen LogP contribution in [0.15, 0.2) is 65.6 Å². The van der Waals surface area contributed by atoms with Gasteiger partial charge in [0.05, 0.1) is 11.2 Å². The van der Waals surface area contributed by atoms with Gasteiger partial charge in [-0.15, -0.1) is 11.8 Å². The monoisotopic (exact) mass is 415 g/mol. The molecule has 0 amide bonds. The number of allylic oxidation sites excluding steroid dienone is 3. The molecule has 3 aromatic rings. The molecule has 0 atom stereocenters. The topological polar surface area (TPSA) is 30.0 Å². The number of hydrogen-bond donors (Lipinski definition) is 0. The lowest BCUT2D eigenvalue weighted by Gasteiger charge is -2.15. The van der Waals surface area contributed by atoms with Crippen LogP contribution in [0.3, 0.4) is 0 Å². The molecule has 2 nitrogen and oxygen atoms in total. The second-order valence-electron chi connectivity index (χ2n) is 7.89. The van der Waals surface area contributed by atoms with Gasteiger partial charge < -0.3 is 0 Å².